The van der Waals surface area contributed by atoms with Crippen LogP contribution in [0.5, 0.6) is 0 Å². The molecular weight excluding hydrogens is 366 g/mol. The fourth-order valence-electron chi connectivity index (χ4n) is 3.72. The van der Waals surface area contributed by atoms with Gasteiger partial charge in [-0.15, -0.1) is 11.3 Å². The van der Waals surface area contributed by atoms with Crippen molar-refractivity contribution < 1.29 is 4.79 Å². The fraction of sp³-hybridized carbons (Fsp3) is 0.0435. The van der Waals surface area contributed by atoms with Crippen molar-refractivity contribution in [3.8, 4) is 16.9 Å². The lowest BCUT2D eigenvalue weighted by molar-refractivity contribution is 0.104. The number of thiophene rings is 1. The summed E-state index contributed by atoms with van der Waals surface area (Å²) in [5.74, 6) is 0.887. The van der Waals surface area contributed by atoms with Crippen LogP contribution in [-0.2, 0) is 0 Å². The zero-order valence-corrected chi connectivity index (χ0v) is 16.0. The molecule has 136 valence electrons. The molecule has 0 amide bonds. The Morgan fingerprint density at radius 3 is 2.68 bits per heavy atom. The Labute approximate surface area is 166 Å². The van der Waals surface area contributed by atoms with Crippen molar-refractivity contribution in [1.29, 1.82) is 0 Å². The number of imidazole rings is 1. The molecule has 3 aromatic heterocycles. The average Bonchev–Trinajstić information content (AvgIpc) is 3.48. The van der Waals surface area contributed by atoms with E-state index in [9.17, 15) is 4.79 Å². The number of hydrogen-bond donors (Lipinski definition) is 1. The smallest absolute Gasteiger partial charge is 0.205 e. The molecule has 0 saturated carbocycles. The lowest BCUT2D eigenvalue weighted by Crippen LogP contribution is -2.03. The van der Waals surface area contributed by atoms with Gasteiger partial charge in [0.1, 0.15) is 5.82 Å². The Hall–Kier alpha value is -3.44. The number of carbonyl (C=O) groups is 1. The lowest BCUT2D eigenvalue weighted by atomic mass is 9.95. The molecule has 5 aromatic rings. The van der Waals surface area contributed by atoms with Gasteiger partial charge in [0.15, 0.2) is 0 Å². The van der Waals surface area contributed by atoms with E-state index < -0.39 is 0 Å². The van der Waals surface area contributed by atoms with E-state index >= 15 is 0 Å². The van der Waals surface area contributed by atoms with Gasteiger partial charge in [0.05, 0.1) is 23.0 Å². The molecule has 0 radical (unpaired) electrons. The summed E-state index contributed by atoms with van der Waals surface area (Å²) < 4.78 is 2.00. The normalized spacial score (nSPS) is 11.2. The van der Waals surface area contributed by atoms with Crippen molar-refractivity contribution in [2.24, 2.45) is 0 Å². The molecule has 2 aromatic carbocycles. The lowest BCUT2D eigenvalue weighted by Gasteiger charge is -2.08. The van der Waals surface area contributed by atoms with Crippen LogP contribution in [0.1, 0.15) is 20.9 Å². The van der Waals surface area contributed by atoms with Gasteiger partial charge in [0.2, 0.25) is 5.78 Å². The molecule has 0 unspecified atom stereocenters. The number of H-pyrrole nitrogens is 1. The maximum atomic E-state index is 13.4. The maximum absolute atomic E-state index is 13.4. The van der Waals surface area contributed by atoms with Crippen LogP contribution in [0.2, 0.25) is 0 Å². The van der Waals surface area contributed by atoms with Gasteiger partial charge in [-0.1, -0.05) is 48.5 Å². The number of aromatic amines is 1. The molecule has 0 spiro atoms. The van der Waals surface area contributed by atoms with Crippen LogP contribution in [0.25, 0.3) is 27.7 Å². The summed E-state index contributed by atoms with van der Waals surface area (Å²) in [4.78, 5) is 21.4. The number of carbonyl (C=O) groups excluding carboxylic acids is 1. The van der Waals surface area contributed by atoms with E-state index in [0.29, 0.717) is 0 Å². The van der Waals surface area contributed by atoms with Gasteiger partial charge in [-0.3, -0.25) is 4.79 Å². The highest BCUT2D eigenvalue weighted by Gasteiger charge is 2.24. The number of fused-ring (bicyclic) bond motifs is 1. The Bertz CT molecular complexity index is 1280. The van der Waals surface area contributed by atoms with Gasteiger partial charge in [-0.25, -0.2) is 4.98 Å². The molecule has 0 saturated heterocycles. The third-order valence-corrected chi connectivity index (χ3v) is 5.91. The first-order chi connectivity index (χ1) is 13.7. The highest BCUT2D eigenvalue weighted by Crippen LogP contribution is 2.36. The SMILES string of the molecule is Cc1c(C(=O)c2cccs2)c(-c2cccc3ccccc23)cn1-c1cnc[nH]1. The summed E-state index contributed by atoms with van der Waals surface area (Å²) in [5, 5.41) is 4.22. The van der Waals surface area contributed by atoms with Gasteiger partial charge in [-0.2, -0.15) is 0 Å². The molecule has 0 aliphatic carbocycles. The van der Waals surface area contributed by atoms with Crippen molar-refractivity contribution in [1.82, 2.24) is 14.5 Å². The number of nitrogens with zero attached hydrogens (tertiary/aromatic N) is 2. The molecule has 5 heteroatoms. The highest BCUT2D eigenvalue weighted by molar-refractivity contribution is 7.12. The molecule has 0 aliphatic heterocycles. The summed E-state index contributed by atoms with van der Waals surface area (Å²) in [6, 6.07) is 18.3. The van der Waals surface area contributed by atoms with Gasteiger partial charge in [0.25, 0.3) is 0 Å². The molecular formula is C23H17N3OS. The number of nitrogens with one attached hydrogen (secondary N) is 1. The quantitative estimate of drug-likeness (QED) is 0.409. The van der Waals surface area contributed by atoms with Crippen LogP contribution in [0.3, 0.4) is 0 Å². The first-order valence-electron chi connectivity index (χ1n) is 9.01. The summed E-state index contributed by atoms with van der Waals surface area (Å²) in [7, 11) is 0. The van der Waals surface area contributed by atoms with E-state index in [4.69, 9.17) is 0 Å². The summed E-state index contributed by atoms with van der Waals surface area (Å²) in [6.45, 7) is 1.98. The molecule has 3 heterocycles. The minimum absolute atomic E-state index is 0.0497. The number of aromatic nitrogens is 3. The van der Waals surface area contributed by atoms with E-state index in [0.717, 1.165) is 43.9 Å². The Morgan fingerprint density at radius 1 is 1.04 bits per heavy atom. The minimum atomic E-state index is 0.0497. The topological polar surface area (TPSA) is 50.7 Å². The third-order valence-electron chi connectivity index (χ3n) is 5.05. The number of ketones is 1. The van der Waals surface area contributed by atoms with Crippen molar-refractivity contribution in [2.45, 2.75) is 6.92 Å². The first kappa shape index (κ1) is 16.7. The molecule has 0 fully saturated rings. The van der Waals surface area contributed by atoms with Crippen LogP contribution in [0.15, 0.2) is 78.7 Å². The second kappa shape index (κ2) is 6.62. The van der Waals surface area contributed by atoms with E-state index in [1.165, 1.54) is 11.3 Å². The van der Waals surface area contributed by atoms with Gasteiger partial charge >= 0.3 is 0 Å². The molecule has 1 N–H and O–H groups in total. The highest BCUT2D eigenvalue weighted by atomic mass is 32.1. The molecule has 4 nitrogen and oxygen atoms in total. The zero-order chi connectivity index (χ0) is 19.1. The first-order valence-corrected chi connectivity index (χ1v) is 9.89. The van der Waals surface area contributed by atoms with E-state index in [1.807, 2.05) is 53.4 Å². The standard InChI is InChI=1S/C23H17N3OS/c1-15-22(23(27)20-10-5-11-28-20)19(13-26(15)21-12-24-14-25-21)18-9-4-7-16-6-2-3-8-17(16)18/h2-14H,1H3,(H,24,25). The van der Waals surface area contributed by atoms with Gasteiger partial charge < -0.3 is 9.55 Å². The van der Waals surface area contributed by atoms with Crippen molar-refractivity contribution >= 4 is 27.9 Å². The monoisotopic (exact) mass is 383 g/mol. The average molecular weight is 383 g/mol. The van der Waals surface area contributed by atoms with Gasteiger partial charge in [0, 0.05) is 17.5 Å². The van der Waals surface area contributed by atoms with Crippen molar-refractivity contribution in [2.75, 3.05) is 0 Å². The van der Waals surface area contributed by atoms with Crippen LogP contribution in [0.4, 0.5) is 0 Å². The predicted molar refractivity (Wildman–Crippen MR) is 113 cm³/mol. The second-order valence-corrected chi connectivity index (χ2v) is 7.59. The minimum Gasteiger partial charge on any atom is -0.331 e. The fourth-order valence-corrected chi connectivity index (χ4v) is 4.39. The Morgan fingerprint density at radius 2 is 1.89 bits per heavy atom. The van der Waals surface area contributed by atoms with Gasteiger partial charge in [-0.05, 0) is 34.7 Å². The van der Waals surface area contributed by atoms with E-state index in [1.54, 1.807) is 12.5 Å². The summed E-state index contributed by atoms with van der Waals surface area (Å²) in [5.41, 5.74) is 3.61. The predicted octanol–water partition coefficient (Wildman–Crippen LogP) is 5.62. The third kappa shape index (κ3) is 2.60. The van der Waals surface area contributed by atoms with E-state index in [2.05, 4.69) is 34.2 Å². The van der Waals surface area contributed by atoms with Crippen molar-refractivity contribution in [3.05, 3.63) is 94.8 Å². The summed E-state index contributed by atoms with van der Waals surface area (Å²) >= 11 is 1.47. The largest absolute Gasteiger partial charge is 0.331 e. The second-order valence-electron chi connectivity index (χ2n) is 6.64. The molecule has 28 heavy (non-hydrogen) atoms. The van der Waals surface area contributed by atoms with E-state index in [-0.39, 0.29) is 5.78 Å². The number of benzene rings is 2. The van der Waals surface area contributed by atoms with Crippen LogP contribution < -0.4 is 0 Å². The number of rotatable bonds is 4. The molecule has 0 aliphatic rings. The van der Waals surface area contributed by atoms with Crippen LogP contribution >= 0.6 is 11.3 Å². The van der Waals surface area contributed by atoms with Crippen molar-refractivity contribution in [3.63, 3.8) is 0 Å². The Balaban J connectivity index is 1.81. The zero-order valence-electron chi connectivity index (χ0n) is 15.2. The van der Waals surface area contributed by atoms with Crippen LogP contribution in [0, 0.1) is 6.92 Å². The summed E-state index contributed by atoms with van der Waals surface area (Å²) in [6.07, 6.45) is 5.44. The maximum Gasteiger partial charge on any atom is 0.205 e. The molecule has 0 atom stereocenters. The Kier molecular flexibility index (Phi) is 3.95. The van der Waals surface area contributed by atoms with Crippen LogP contribution in [-0.4, -0.2) is 20.3 Å². The number of hydrogen-bond acceptors (Lipinski definition) is 3. The molecule has 0 bridgehead atoms. The molecule has 5 rings (SSSR count).